The fourth-order valence-corrected chi connectivity index (χ4v) is 2.74. The number of nitrogen functional groups attached to an aromatic ring is 1. The van der Waals surface area contributed by atoms with E-state index >= 15 is 0 Å². The van der Waals surface area contributed by atoms with Crippen LogP contribution in [0.5, 0.6) is 0 Å². The number of fused-ring (bicyclic) bond motifs is 1. The van der Waals surface area contributed by atoms with Gasteiger partial charge in [0.15, 0.2) is 0 Å². The van der Waals surface area contributed by atoms with E-state index < -0.39 is 0 Å². The van der Waals surface area contributed by atoms with Crippen LogP contribution < -0.4 is 5.73 Å². The fraction of sp³-hybridized carbons (Fsp3) is 0.200. The molecule has 1 aliphatic carbocycles. The van der Waals surface area contributed by atoms with Crippen LogP contribution in [0.25, 0.3) is 22.4 Å². The topological polar surface area (TPSA) is 56.7 Å². The van der Waals surface area contributed by atoms with Crippen molar-refractivity contribution >= 4 is 28.3 Å². The summed E-state index contributed by atoms with van der Waals surface area (Å²) in [6.45, 7) is 0. The molecule has 2 aromatic heterocycles. The minimum absolute atomic E-state index is 0.517. The van der Waals surface area contributed by atoms with E-state index in [1.165, 1.54) is 12.8 Å². The molecule has 100 valence electrons. The van der Waals surface area contributed by atoms with Gasteiger partial charge in [-0.1, -0.05) is 11.6 Å². The molecule has 0 radical (unpaired) electrons. The molecule has 0 atom stereocenters. The molecule has 0 unspecified atom stereocenters. The molecule has 0 spiro atoms. The zero-order valence-corrected chi connectivity index (χ0v) is 11.5. The number of anilines is 1. The highest BCUT2D eigenvalue weighted by molar-refractivity contribution is 6.31. The molecule has 1 aromatic carbocycles. The zero-order chi connectivity index (χ0) is 13.7. The third-order valence-electron chi connectivity index (χ3n) is 3.66. The summed E-state index contributed by atoms with van der Waals surface area (Å²) in [6, 6.07) is 8.27. The zero-order valence-electron chi connectivity index (χ0n) is 10.8. The minimum atomic E-state index is 0.517. The lowest BCUT2D eigenvalue weighted by Gasteiger charge is -2.09. The average Bonchev–Trinajstić information content (AvgIpc) is 3.20. The van der Waals surface area contributed by atoms with Gasteiger partial charge in [-0.15, -0.1) is 0 Å². The number of nitrogens with two attached hydrogens (primary N) is 1. The van der Waals surface area contributed by atoms with Gasteiger partial charge >= 0.3 is 0 Å². The van der Waals surface area contributed by atoms with Crippen LogP contribution in [0, 0.1) is 0 Å². The second-order valence-electron chi connectivity index (χ2n) is 5.13. The van der Waals surface area contributed by atoms with Crippen LogP contribution in [0.1, 0.15) is 18.9 Å². The first-order valence-corrected chi connectivity index (χ1v) is 6.99. The summed E-state index contributed by atoms with van der Waals surface area (Å²) in [5.41, 5.74) is 9.66. The molecular weight excluding hydrogens is 272 g/mol. The highest BCUT2D eigenvalue weighted by atomic mass is 35.5. The average molecular weight is 285 g/mol. The Bertz CT molecular complexity index is 805. The summed E-state index contributed by atoms with van der Waals surface area (Å²) in [4.78, 5) is 8.78. The third kappa shape index (κ3) is 1.76. The molecule has 0 amide bonds. The van der Waals surface area contributed by atoms with Crippen molar-refractivity contribution in [2.24, 2.45) is 0 Å². The van der Waals surface area contributed by atoms with Crippen LogP contribution in [0.15, 0.2) is 36.7 Å². The summed E-state index contributed by atoms with van der Waals surface area (Å²) in [5.74, 6) is 0.907. The Morgan fingerprint density at radius 3 is 2.85 bits per heavy atom. The number of aromatic nitrogens is 3. The molecule has 20 heavy (non-hydrogen) atoms. The predicted octanol–water partition coefficient (Wildman–Crippen LogP) is 3.67. The maximum atomic E-state index is 6.07. The Hall–Kier alpha value is -2.07. The number of pyridine rings is 1. The molecule has 4 rings (SSSR count). The summed E-state index contributed by atoms with van der Waals surface area (Å²) in [7, 11) is 0. The van der Waals surface area contributed by atoms with E-state index in [0.29, 0.717) is 16.8 Å². The Kier molecular flexibility index (Phi) is 2.47. The van der Waals surface area contributed by atoms with Crippen molar-refractivity contribution in [1.29, 1.82) is 0 Å². The van der Waals surface area contributed by atoms with E-state index in [2.05, 4.69) is 9.55 Å². The summed E-state index contributed by atoms with van der Waals surface area (Å²) < 4.78 is 2.28. The summed E-state index contributed by atoms with van der Waals surface area (Å²) in [6.07, 6.45) is 5.78. The van der Waals surface area contributed by atoms with Crippen LogP contribution in [0.2, 0.25) is 5.02 Å². The van der Waals surface area contributed by atoms with E-state index in [1.807, 2.05) is 24.3 Å². The van der Waals surface area contributed by atoms with Crippen molar-refractivity contribution in [3.05, 3.63) is 41.7 Å². The molecule has 0 aliphatic heterocycles. The molecule has 0 bridgehead atoms. The SMILES string of the molecule is Nc1cnccc1-c1nc2cc(Cl)ccc2n1C1CC1. The molecule has 2 N–H and O–H groups in total. The Morgan fingerprint density at radius 2 is 2.10 bits per heavy atom. The van der Waals surface area contributed by atoms with E-state index in [0.717, 1.165) is 22.4 Å². The highest BCUT2D eigenvalue weighted by Crippen LogP contribution is 2.42. The number of hydrogen-bond acceptors (Lipinski definition) is 3. The number of hydrogen-bond donors (Lipinski definition) is 1. The number of benzene rings is 1. The molecule has 1 aliphatic rings. The number of rotatable bonds is 2. The van der Waals surface area contributed by atoms with Crippen LogP contribution in [0.4, 0.5) is 5.69 Å². The minimum Gasteiger partial charge on any atom is -0.397 e. The molecule has 0 saturated heterocycles. The molecule has 4 nitrogen and oxygen atoms in total. The lowest BCUT2D eigenvalue weighted by Crippen LogP contribution is -2.00. The molecule has 1 saturated carbocycles. The quantitative estimate of drug-likeness (QED) is 0.781. The number of halogens is 1. The van der Waals surface area contributed by atoms with E-state index in [9.17, 15) is 0 Å². The van der Waals surface area contributed by atoms with Crippen LogP contribution in [0.3, 0.4) is 0 Å². The maximum Gasteiger partial charge on any atom is 0.143 e. The first-order valence-electron chi connectivity index (χ1n) is 6.61. The smallest absolute Gasteiger partial charge is 0.143 e. The van der Waals surface area contributed by atoms with Crippen molar-refractivity contribution in [3.63, 3.8) is 0 Å². The standard InChI is InChI=1S/C15H13ClN4/c16-9-1-4-14-13(7-9)19-15(20(14)10-2-3-10)11-5-6-18-8-12(11)17/h1,4-8,10H,2-3,17H2. The molecular formula is C15H13ClN4. The van der Waals surface area contributed by atoms with Gasteiger partial charge < -0.3 is 10.3 Å². The first-order chi connectivity index (χ1) is 9.74. The molecule has 5 heteroatoms. The van der Waals surface area contributed by atoms with Gasteiger partial charge in [0.1, 0.15) is 5.82 Å². The number of nitrogens with zero attached hydrogens (tertiary/aromatic N) is 3. The molecule has 2 heterocycles. The summed E-state index contributed by atoms with van der Waals surface area (Å²) >= 11 is 6.07. The lowest BCUT2D eigenvalue weighted by atomic mass is 10.2. The predicted molar refractivity (Wildman–Crippen MR) is 80.7 cm³/mol. The van der Waals surface area contributed by atoms with Crippen LogP contribution in [-0.4, -0.2) is 14.5 Å². The highest BCUT2D eigenvalue weighted by Gasteiger charge is 2.29. The van der Waals surface area contributed by atoms with Gasteiger partial charge in [0, 0.05) is 22.8 Å². The maximum absolute atomic E-state index is 6.07. The van der Waals surface area contributed by atoms with Crippen molar-refractivity contribution in [2.75, 3.05) is 5.73 Å². The van der Waals surface area contributed by atoms with Crippen LogP contribution >= 0.6 is 11.6 Å². The van der Waals surface area contributed by atoms with Gasteiger partial charge in [0.2, 0.25) is 0 Å². The second-order valence-corrected chi connectivity index (χ2v) is 5.57. The van der Waals surface area contributed by atoms with Crippen molar-refractivity contribution in [2.45, 2.75) is 18.9 Å². The van der Waals surface area contributed by atoms with Gasteiger partial charge in [-0.3, -0.25) is 4.98 Å². The van der Waals surface area contributed by atoms with Crippen molar-refractivity contribution < 1.29 is 0 Å². The number of imidazole rings is 1. The summed E-state index contributed by atoms with van der Waals surface area (Å²) in [5, 5.41) is 0.701. The van der Waals surface area contributed by atoms with Gasteiger partial charge in [-0.05, 0) is 37.1 Å². The largest absolute Gasteiger partial charge is 0.397 e. The Labute approximate surface area is 121 Å². The monoisotopic (exact) mass is 284 g/mol. The van der Waals surface area contributed by atoms with Gasteiger partial charge in [-0.25, -0.2) is 4.98 Å². The van der Waals surface area contributed by atoms with Gasteiger partial charge in [0.05, 0.1) is 22.9 Å². The van der Waals surface area contributed by atoms with E-state index in [-0.39, 0.29) is 0 Å². The van der Waals surface area contributed by atoms with Gasteiger partial charge in [-0.2, -0.15) is 0 Å². The van der Waals surface area contributed by atoms with Crippen molar-refractivity contribution in [3.8, 4) is 11.4 Å². The Morgan fingerprint density at radius 1 is 1.25 bits per heavy atom. The van der Waals surface area contributed by atoms with E-state index in [4.69, 9.17) is 22.3 Å². The normalized spacial score (nSPS) is 14.8. The third-order valence-corrected chi connectivity index (χ3v) is 3.89. The second kappa shape index (κ2) is 4.21. The van der Waals surface area contributed by atoms with Crippen LogP contribution in [-0.2, 0) is 0 Å². The molecule has 1 fully saturated rings. The van der Waals surface area contributed by atoms with Crippen molar-refractivity contribution in [1.82, 2.24) is 14.5 Å². The first kappa shape index (κ1) is 11.7. The lowest BCUT2D eigenvalue weighted by molar-refractivity contribution is 0.775. The Balaban J connectivity index is 2.03. The molecule has 3 aromatic rings. The van der Waals surface area contributed by atoms with E-state index in [1.54, 1.807) is 12.4 Å². The fourth-order valence-electron chi connectivity index (χ4n) is 2.57. The van der Waals surface area contributed by atoms with Gasteiger partial charge in [0.25, 0.3) is 0 Å².